The number of hydrogen-bond acceptors (Lipinski definition) is 5. The number of nitrogens with zero attached hydrogens (tertiary/aromatic N) is 3. The SMILES string of the molecule is CCOC(=O)c1cn(C)cc1NC(=O)c1cccnn1. The molecule has 1 amide bonds. The van der Waals surface area contributed by atoms with Crippen molar-refractivity contribution in [3.05, 3.63) is 42.0 Å². The Bertz CT molecular complexity index is 622. The molecule has 2 aromatic rings. The molecule has 7 nitrogen and oxygen atoms in total. The molecule has 104 valence electrons. The van der Waals surface area contributed by atoms with Crippen molar-refractivity contribution >= 4 is 17.6 Å². The number of amides is 1. The van der Waals surface area contributed by atoms with Crippen LogP contribution in [0.4, 0.5) is 5.69 Å². The van der Waals surface area contributed by atoms with Gasteiger partial charge in [0.1, 0.15) is 5.56 Å². The molecule has 0 aliphatic carbocycles. The number of aromatic nitrogens is 3. The number of rotatable bonds is 4. The molecule has 0 aliphatic rings. The fourth-order valence-corrected chi connectivity index (χ4v) is 1.66. The fraction of sp³-hybridized carbons (Fsp3) is 0.231. The van der Waals surface area contributed by atoms with Crippen LogP contribution in [0.1, 0.15) is 27.8 Å². The Balaban J connectivity index is 2.21. The number of esters is 1. The van der Waals surface area contributed by atoms with Gasteiger partial charge >= 0.3 is 5.97 Å². The monoisotopic (exact) mass is 274 g/mol. The number of aryl methyl sites for hydroxylation is 1. The van der Waals surface area contributed by atoms with Gasteiger partial charge in [0.05, 0.1) is 12.3 Å². The highest BCUT2D eigenvalue weighted by Gasteiger charge is 2.18. The summed E-state index contributed by atoms with van der Waals surface area (Å²) in [5.74, 6) is -0.919. The lowest BCUT2D eigenvalue weighted by Crippen LogP contribution is -2.16. The van der Waals surface area contributed by atoms with Crippen molar-refractivity contribution in [1.29, 1.82) is 0 Å². The van der Waals surface area contributed by atoms with Gasteiger partial charge in [-0.3, -0.25) is 4.79 Å². The number of nitrogens with one attached hydrogen (secondary N) is 1. The number of carbonyl (C=O) groups excluding carboxylic acids is 2. The predicted octanol–water partition coefficient (Wildman–Crippen LogP) is 1.24. The van der Waals surface area contributed by atoms with E-state index in [2.05, 4.69) is 15.5 Å². The molecule has 0 fully saturated rings. The lowest BCUT2D eigenvalue weighted by molar-refractivity contribution is 0.0527. The molecule has 0 bridgehead atoms. The number of ether oxygens (including phenoxy) is 1. The van der Waals surface area contributed by atoms with Crippen molar-refractivity contribution in [3.8, 4) is 0 Å². The smallest absolute Gasteiger partial charge is 0.341 e. The molecular weight excluding hydrogens is 260 g/mol. The highest BCUT2D eigenvalue weighted by molar-refractivity contribution is 6.06. The van der Waals surface area contributed by atoms with E-state index >= 15 is 0 Å². The Kier molecular flexibility index (Phi) is 4.09. The maximum Gasteiger partial charge on any atom is 0.341 e. The molecule has 2 rings (SSSR count). The minimum absolute atomic E-state index is 0.172. The largest absolute Gasteiger partial charge is 0.462 e. The summed E-state index contributed by atoms with van der Waals surface area (Å²) in [6, 6.07) is 3.15. The van der Waals surface area contributed by atoms with Gasteiger partial charge in [-0.2, -0.15) is 5.10 Å². The number of carbonyl (C=O) groups is 2. The Hall–Kier alpha value is -2.70. The third kappa shape index (κ3) is 3.00. The van der Waals surface area contributed by atoms with Crippen molar-refractivity contribution in [2.75, 3.05) is 11.9 Å². The Morgan fingerprint density at radius 3 is 2.85 bits per heavy atom. The van der Waals surface area contributed by atoms with Gasteiger partial charge in [-0.05, 0) is 19.1 Å². The number of hydrogen-bond donors (Lipinski definition) is 1. The zero-order chi connectivity index (χ0) is 14.5. The topological polar surface area (TPSA) is 86.1 Å². The highest BCUT2D eigenvalue weighted by Crippen LogP contribution is 2.18. The first-order valence-corrected chi connectivity index (χ1v) is 6.04. The van der Waals surface area contributed by atoms with Gasteiger partial charge in [-0.25, -0.2) is 4.79 Å². The maximum atomic E-state index is 12.0. The Morgan fingerprint density at radius 1 is 1.40 bits per heavy atom. The molecule has 20 heavy (non-hydrogen) atoms. The highest BCUT2D eigenvalue weighted by atomic mass is 16.5. The average Bonchev–Trinajstić information content (AvgIpc) is 2.81. The van der Waals surface area contributed by atoms with Crippen LogP contribution < -0.4 is 5.32 Å². The van der Waals surface area contributed by atoms with Crippen molar-refractivity contribution in [2.45, 2.75) is 6.92 Å². The van der Waals surface area contributed by atoms with Gasteiger partial charge in [0, 0.05) is 25.6 Å². The van der Waals surface area contributed by atoms with Crippen molar-refractivity contribution in [1.82, 2.24) is 14.8 Å². The summed E-state index contributed by atoms with van der Waals surface area (Å²) in [5.41, 5.74) is 0.847. The third-order valence-electron chi connectivity index (χ3n) is 2.50. The van der Waals surface area contributed by atoms with Crippen LogP contribution in [-0.2, 0) is 11.8 Å². The second-order valence-corrected chi connectivity index (χ2v) is 4.03. The normalized spacial score (nSPS) is 10.1. The Labute approximate surface area is 115 Å². The first-order valence-electron chi connectivity index (χ1n) is 6.04. The van der Waals surface area contributed by atoms with E-state index in [4.69, 9.17) is 4.74 Å². The summed E-state index contributed by atoms with van der Waals surface area (Å²) in [4.78, 5) is 23.8. The molecule has 0 saturated heterocycles. The van der Waals surface area contributed by atoms with Gasteiger partial charge in [0.25, 0.3) is 5.91 Å². The van der Waals surface area contributed by atoms with E-state index in [0.717, 1.165) is 0 Å². The van der Waals surface area contributed by atoms with E-state index in [1.54, 1.807) is 37.0 Å². The third-order valence-corrected chi connectivity index (χ3v) is 2.50. The minimum atomic E-state index is -0.484. The van der Waals surface area contributed by atoms with Gasteiger partial charge in [0.2, 0.25) is 0 Å². The summed E-state index contributed by atoms with van der Waals surface area (Å²) in [5, 5.41) is 9.96. The summed E-state index contributed by atoms with van der Waals surface area (Å²) in [6.45, 7) is 1.99. The lowest BCUT2D eigenvalue weighted by atomic mass is 10.3. The molecule has 0 saturated carbocycles. The molecule has 2 heterocycles. The molecule has 0 radical (unpaired) electrons. The summed E-state index contributed by atoms with van der Waals surface area (Å²) >= 11 is 0. The standard InChI is InChI=1S/C13H14N4O3/c1-3-20-13(19)9-7-17(2)8-11(9)15-12(18)10-5-4-6-14-16-10/h4-8H,3H2,1-2H3,(H,15,18). The second-order valence-electron chi connectivity index (χ2n) is 4.03. The molecule has 1 N–H and O–H groups in total. The van der Waals surface area contributed by atoms with Crippen LogP contribution in [0.2, 0.25) is 0 Å². The van der Waals surface area contributed by atoms with E-state index in [1.165, 1.54) is 12.3 Å². The molecule has 0 aliphatic heterocycles. The first-order chi connectivity index (χ1) is 9.61. The molecule has 7 heteroatoms. The molecule has 0 aromatic carbocycles. The van der Waals surface area contributed by atoms with Crippen molar-refractivity contribution in [3.63, 3.8) is 0 Å². The van der Waals surface area contributed by atoms with E-state index in [1.807, 2.05) is 0 Å². The average molecular weight is 274 g/mol. The van der Waals surface area contributed by atoms with E-state index in [9.17, 15) is 9.59 Å². The molecule has 0 unspecified atom stereocenters. The maximum absolute atomic E-state index is 12.0. The van der Waals surface area contributed by atoms with Crippen molar-refractivity contribution in [2.24, 2.45) is 7.05 Å². The molecule has 0 spiro atoms. The van der Waals surface area contributed by atoms with Gasteiger partial charge in [0.15, 0.2) is 5.69 Å². The van der Waals surface area contributed by atoms with E-state index in [0.29, 0.717) is 11.3 Å². The Morgan fingerprint density at radius 2 is 2.20 bits per heavy atom. The van der Waals surface area contributed by atoms with Crippen LogP contribution in [0, 0.1) is 0 Å². The summed E-state index contributed by atoms with van der Waals surface area (Å²) < 4.78 is 6.60. The van der Waals surface area contributed by atoms with Crippen LogP contribution in [0.25, 0.3) is 0 Å². The van der Waals surface area contributed by atoms with Crippen molar-refractivity contribution < 1.29 is 14.3 Å². The van der Waals surface area contributed by atoms with Gasteiger partial charge in [-0.1, -0.05) is 0 Å². The van der Waals surface area contributed by atoms with Gasteiger partial charge < -0.3 is 14.6 Å². The lowest BCUT2D eigenvalue weighted by Gasteiger charge is -2.05. The fourth-order valence-electron chi connectivity index (χ4n) is 1.66. The zero-order valence-electron chi connectivity index (χ0n) is 11.2. The molecule has 0 atom stereocenters. The quantitative estimate of drug-likeness (QED) is 0.848. The van der Waals surface area contributed by atoms with Crippen LogP contribution in [0.5, 0.6) is 0 Å². The first kappa shape index (κ1) is 13.7. The minimum Gasteiger partial charge on any atom is -0.462 e. The second kappa shape index (κ2) is 5.96. The molecular formula is C13H14N4O3. The molecule has 2 aromatic heterocycles. The van der Waals surface area contributed by atoms with Gasteiger partial charge in [-0.15, -0.1) is 5.10 Å². The predicted molar refractivity (Wildman–Crippen MR) is 71.4 cm³/mol. The van der Waals surface area contributed by atoms with Crippen LogP contribution in [0.15, 0.2) is 30.7 Å². The summed E-state index contributed by atoms with van der Waals surface area (Å²) in [7, 11) is 1.75. The van der Waals surface area contributed by atoms with Crippen LogP contribution in [-0.4, -0.2) is 33.2 Å². The van der Waals surface area contributed by atoms with E-state index in [-0.39, 0.29) is 12.3 Å². The zero-order valence-corrected chi connectivity index (χ0v) is 11.2. The number of anilines is 1. The van der Waals surface area contributed by atoms with Crippen LogP contribution >= 0.6 is 0 Å². The summed E-state index contributed by atoms with van der Waals surface area (Å²) in [6.07, 6.45) is 4.69. The van der Waals surface area contributed by atoms with E-state index < -0.39 is 11.9 Å². The van der Waals surface area contributed by atoms with Crippen LogP contribution in [0.3, 0.4) is 0 Å².